The van der Waals surface area contributed by atoms with Crippen LogP contribution >= 0.6 is 34.7 Å². The lowest BCUT2D eigenvalue weighted by atomic mass is 9.99. The number of nitrogens with zero attached hydrogens (tertiary/aromatic N) is 3. The minimum atomic E-state index is -0.825. The molecule has 1 amide bonds. The van der Waals surface area contributed by atoms with E-state index in [-0.39, 0.29) is 22.3 Å². The van der Waals surface area contributed by atoms with Gasteiger partial charge < -0.3 is 4.42 Å². The number of anilines is 1. The fourth-order valence-corrected chi connectivity index (χ4v) is 6.13. The summed E-state index contributed by atoms with van der Waals surface area (Å²) < 4.78 is 20.5. The van der Waals surface area contributed by atoms with Crippen LogP contribution in [0.4, 0.5) is 9.52 Å². The Morgan fingerprint density at radius 3 is 2.58 bits per heavy atom. The van der Waals surface area contributed by atoms with Crippen molar-refractivity contribution < 1.29 is 13.6 Å². The number of carbonyl (C=O) groups excluding carboxylic acids is 1. The number of aromatic nitrogens is 2. The molecule has 0 saturated heterocycles. The number of benzene rings is 3. The maximum atomic E-state index is 14.0. The monoisotopic (exact) mass is 535 g/mol. The highest BCUT2D eigenvalue weighted by Gasteiger charge is 2.45. The van der Waals surface area contributed by atoms with Gasteiger partial charge in [0.15, 0.2) is 9.77 Å². The maximum absolute atomic E-state index is 14.0. The lowest BCUT2D eigenvalue weighted by Crippen LogP contribution is -2.29. The summed E-state index contributed by atoms with van der Waals surface area (Å²) in [5, 5.41) is 9.45. The van der Waals surface area contributed by atoms with E-state index >= 15 is 0 Å². The molecule has 3 aromatic carbocycles. The number of fused-ring (bicyclic) bond motifs is 2. The first-order chi connectivity index (χ1) is 17.5. The van der Waals surface area contributed by atoms with E-state index in [0.717, 1.165) is 11.6 Å². The van der Waals surface area contributed by atoms with Crippen LogP contribution in [0.15, 0.2) is 86.3 Å². The zero-order valence-electron chi connectivity index (χ0n) is 18.4. The topological polar surface area (TPSA) is 76.3 Å². The molecule has 6 nitrogen and oxygen atoms in total. The molecule has 1 atom stereocenters. The maximum Gasteiger partial charge on any atom is 0.297 e. The molecule has 0 spiro atoms. The van der Waals surface area contributed by atoms with Gasteiger partial charge in [-0.15, -0.1) is 10.2 Å². The van der Waals surface area contributed by atoms with E-state index in [1.807, 2.05) is 30.3 Å². The second-order valence-corrected chi connectivity index (χ2v) is 10.7. The predicted octanol–water partition coefficient (Wildman–Crippen LogP) is 6.48. The Bertz CT molecular complexity index is 1670. The van der Waals surface area contributed by atoms with Gasteiger partial charge in [0.1, 0.15) is 11.4 Å². The van der Waals surface area contributed by atoms with Crippen molar-refractivity contribution in [3.05, 3.63) is 116 Å². The molecule has 5 aromatic rings. The predicted molar refractivity (Wildman–Crippen MR) is 138 cm³/mol. The fourth-order valence-electron chi connectivity index (χ4n) is 4.18. The van der Waals surface area contributed by atoms with E-state index in [9.17, 15) is 14.0 Å². The van der Waals surface area contributed by atoms with Gasteiger partial charge in [-0.1, -0.05) is 77.2 Å². The molecule has 0 fully saturated rings. The second-order valence-electron chi connectivity index (χ2n) is 8.07. The first kappa shape index (κ1) is 22.9. The number of hydrogen-bond donors (Lipinski definition) is 0. The number of amides is 1. The SMILES string of the molecule is O=C1c2oc3ccc(F)cc3c(=O)c2C(c2ccc(Cl)cc2)N1c1nnc(SCc2ccccc2)s1. The molecule has 0 aliphatic carbocycles. The van der Waals surface area contributed by atoms with E-state index in [1.54, 1.807) is 24.3 Å². The quantitative estimate of drug-likeness (QED) is 0.189. The molecule has 1 unspecified atom stereocenters. The molecule has 10 heteroatoms. The molecule has 0 N–H and O–H groups in total. The second kappa shape index (κ2) is 9.16. The molecule has 0 bridgehead atoms. The third kappa shape index (κ3) is 3.99. The highest BCUT2D eigenvalue weighted by atomic mass is 35.5. The van der Waals surface area contributed by atoms with Crippen LogP contribution in [0.1, 0.15) is 33.3 Å². The van der Waals surface area contributed by atoms with Crippen molar-refractivity contribution in [2.24, 2.45) is 0 Å². The van der Waals surface area contributed by atoms with Gasteiger partial charge in [-0.2, -0.15) is 0 Å². The van der Waals surface area contributed by atoms with E-state index in [1.165, 1.54) is 40.1 Å². The summed E-state index contributed by atoms with van der Waals surface area (Å²) in [4.78, 5) is 28.6. The summed E-state index contributed by atoms with van der Waals surface area (Å²) in [7, 11) is 0. The normalized spacial score (nSPS) is 15.0. The number of rotatable bonds is 5. The Morgan fingerprint density at radius 1 is 1.03 bits per heavy atom. The van der Waals surface area contributed by atoms with Crippen molar-refractivity contribution in [3.63, 3.8) is 0 Å². The van der Waals surface area contributed by atoms with Gasteiger partial charge in [0.25, 0.3) is 5.91 Å². The van der Waals surface area contributed by atoms with Crippen molar-refractivity contribution >= 4 is 56.7 Å². The Hall–Kier alpha value is -3.53. The van der Waals surface area contributed by atoms with Crippen LogP contribution in [-0.2, 0) is 5.75 Å². The Morgan fingerprint density at radius 2 is 1.81 bits per heavy atom. The summed E-state index contributed by atoms with van der Waals surface area (Å²) in [6, 6.07) is 19.6. The van der Waals surface area contributed by atoms with Crippen molar-refractivity contribution in [2.45, 2.75) is 16.1 Å². The van der Waals surface area contributed by atoms with Crippen LogP contribution < -0.4 is 10.3 Å². The fraction of sp³-hybridized carbons (Fsp3) is 0.0769. The van der Waals surface area contributed by atoms with Crippen LogP contribution in [0.2, 0.25) is 5.02 Å². The zero-order chi connectivity index (χ0) is 24.8. The standard InChI is InChI=1S/C26H15ClFN3O3S2/c27-16-8-6-15(7-9-16)21-20-22(32)18-12-17(28)10-11-19(18)34-23(20)24(33)31(21)25-29-30-26(36-25)35-13-14-4-2-1-3-5-14/h1-12,21H,13H2. The van der Waals surface area contributed by atoms with Crippen LogP contribution in [0.3, 0.4) is 0 Å². The smallest absolute Gasteiger partial charge is 0.297 e. The minimum absolute atomic E-state index is 0.0683. The number of carbonyl (C=O) groups is 1. The summed E-state index contributed by atoms with van der Waals surface area (Å²) in [6.45, 7) is 0. The average molecular weight is 536 g/mol. The lowest BCUT2D eigenvalue weighted by Gasteiger charge is -2.22. The molecule has 2 aromatic heterocycles. The third-order valence-corrected chi connectivity index (χ3v) is 8.20. The van der Waals surface area contributed by atoms with Gasteiger partial charge >= 0.3 is 0 Å². The van der Waals surface area contributed by atoms with E-state index < -0.39 is 23.2 Å². The zero-order valence-corrected chi connectivity index (χ0v) is 20.7. The number of thioether (sulfide) groups is 1. The first-order valence-corrected chi connectivity index (χ1v) is 13.0. The van der Waals surface area contributed by atoms with Gasteiger partial charge in [-0.3, -0.25) is 14.5 Å². The summed E-state index contributed by atoms with van der Waals surface area (Å²) in [5.41, 5.74) is 1.58. The van der Waals surface area contributed by atoms with Crippen molar-refractivity contribution in [1.29, 1.82) is 0 Å². The molecule has 3 heterocycles. The van der Waals surface area contributed by atoms with Crippen LogP contribution in [0, 0.1) is 5.82 Å². The number of hydrogen-bond acceptors (Lipinski definition) is 7. The van der Waals surface area contributed by atoms with Gasteiger partial charge in [0.05, 0.1) is 17.0 Å². The molecule has 1 aliphatic rings. The van der Waals surface area contributed by atoms with E-state index in [4.69, 9.17) is 16.0 Å². The molecule has 36 heavy (non-hydrogen) atoms. The molecule has 0 radical (unpaired) electrons. The molecular weight excluding hydrogens is 521 g/mol. The van der Waals surface area contributed by atoms with Crippen LogP contribution in [0.25, 0.3) is 11.0 Å². The van der Waals surface area contributed by atoms with Crippen molar-refractivity contribution in [1.82, 2.24) is 10.2 Å². The van der Waals surface area contributed by atoms with Crippen LogP contribution in [-0.4, -0.2) is 16.1 Å². The van der Waals surface area contributed by atoms with Crippen molar-refractivity contribution in [2.75, 3.05) is 4.90 Å². The highest BCUT2D eigenvalue weighted by Crippen LogP contribution is 2.43. The molecule has 1 aliphatic heterocycles. The Balaban J connectivity index is 1.45. The molecule has 178 valence electrons. The minimum Gasteiger partial charge on any atom is -0.450 e. The third-order valence-electron chi connectivity index (χ3n) is 5.82. The summed E-state index contributed by atoms with van der Waals surface area (Å²) in [5.74, 6) is -0.471. The van der Waals surface area contributed by atoms with Gasteiger partial charge in [0.2, 0.25) is 10.9 Å². The molecule has 0 saturated carbocycles. The first-order valence-electron chi connectivity index (χ1n) is 10.8. The van der Waals surface area contributed by atoms with E-state index in [2.05, 4.69) is 10.2 Å². The Labute approximate surface area is 217 Å². The lowest BCUT2D eigenvalue weighted by molar-refractivity contribution is 0.0970. The summed E-state index contributed by atoms with van der Waals surface area (Å²) in [6.07, 6.45) is 0. The van der Waals surface area contributed by atoms with Crippen LogP contribution in [0.5, 0.6) is 0 Å². The van der Waals surface area contributed by atoms with E-state index in [0.29, 0.717) is 25.8 Å². The summed E-state index contributed by atoms with van der Waals surface area (Å²) >= 11 is 8.85. The Kier molecular flexibility index (Phi) is 5.83. The van der Waals surface area contributed by atoms with Gasteiger partial charge in [-0.05, 0) is 41.5 Å². The molecule has 6 rings (SSSR count). The average Bonchev–Trinajstić information content (AvgIpc) is 3.47. The van der Waals surface area contributed by atoms with Gasteiger partial charge in [-0.25, -0.2) is 4.39 Å². The largest absolute Gasteiger partial charge is 0.450 e. The highest BCUT2D eigenvalue weighted by molar-refractivity contribution is 8.00. The van der Waals surface area contributed by atoms with Gasteiger partial charge in [0, 0.05) is 10.8 Å². The van der Waals surface area contributed by atoms with Crippen molar-refractivity contribution in [3.8, 4) is 0 Å². The molecular formula is C26H15ClFN3O3S2. The number of halogens is 2.